The first-order valence-corrected chi connectivity index (χ1v) is 10.8. The monoisotopic (exact) mass is 431 g/mol. The number of carbonyl (C=O) groups is 1. The minimum absolute atomic E-state index is 0.0712. The maximum absolute atomic E-state index is 12.5. The van der Waals surface area contributed by atoms with Crippen LogP contribution in [0.1, 0.15) is 10.4 Å². The molecule has 1 N–H and O–H groups in total. The molecule has 0 aliphatic carbocycles. The highest BCUT2D eigenvalue weighted by Crippen LogP contribution is 2.31. The Kier molecular flexibility index (Phi) is 6.10. The van der Waals surface area contributed by atoms with Crippen LogP contribution in [-0.2, 0) is 9.84 Å². The van der Waals surface area contributed by atoms with E-state index in [1.807, 2.05) is 12.1 Å². The van der Waals surface area contributed by atoms with Crippen molar-refractivity contribution in [2.75, 3.05) is 18.7 Å². The van der Waals surface area contributed by atoms with E-state index in [2.05, 4.69) is 5.32 Å². The van der Waals surface area contributed by atoms with Crippen molar-refractivity contribution in [3.05, 3.63) is 77.3 Å². The molecule has 8 heteroatoms. The molecule has 0 saturated carbocycles. The van der Waals surface area contributed by atoms with Gasteiger partial charge >= 0.3 is 0 Å². The van der Waals surface area contributed by atoms with Gasteiger partial charge in [-0.05, 0) is 54.6 Å². The van der Waals surface area contributed by atoms with Gasteiger partial charge in [0.15, 0.2) is 21.3 Å². The average molecular weight is 432 g/mol. The summed E-state index contributed by atoms with van der Waals surface area (Å²) < 4.78 is 34.6. The molecule has 0 aromatic heterocycles. The third-order valence-corrected chi connectivity index (χ3v) is 5.58. The van der Waals surface area contributed by atoms with Crippen LogP contribution in [0.25, 0.3) is 0 Å². The zero-order valence-electron chi connectivity index (χ0n) is 15.7. The van der Waals surface area contributed by atoms with Crippen molar-refractivity contribution >= 4 is 33.0 Å². The Labute approximate surface area is 174 Å². The van der Waals surface area contributed by atoms with Gasteiger partial charge in [0.2, 0.25) is 0 Å². The fourth-order valence-corrected chi connectivity index (χ4v) is 3.87. The lowest BCUT2D eigenvalue weighted by atomic mass is 10.2. The zero-order chi connectivity index (χ0) is 21.0. The minimum atomic E-state index is -3.54. The van der Waals surface area contributed by atoms with E-state index in [1.165, 1.54) is 18.2 Å². The van der Waals surface area contributed by atoms with Gasteiger partial charge in [-0.25, -0.2) is 8.42 Å². The summed E-state index contributed by atoms with van der Waals surface area (Å²) in [7, 11) is -1.98. The van der Waals surface area contributed by atoms with Gasteiger partial charge < -0.3 is 14.8 Å². The van der Waals surface area contributed by atoms with Crippen LogP contribution in [0, 0.1) is 0 Å². The lowest BCUT2D eigenvalue weighted by Gasteiger charge is -2.11. The molecule has 1 amide bonds. The topological polar surface area (TPSA) is 81.7 Å². The summed E-state index contributed by atoms with van der Waals surface area (Å²) in [5, 5.41) is 2.78. The van der Waals surface area contributed by atoms with Gasteiger partial charge in [0.1, 0.15) is 5.75 Å². The molecule has 0 atom stereocenters. The largest absolute Gasteiger partial charge is 0.493 e. The molecule has 3 aromatic rings. The number of para-hydroxylation sites is 2. The van der Waals surface area contributed by atoms with E-state index in [0.29, 0.717) is 22.9 Å². The molecule has 0 radical (unpaired) electrons. The first-order chi connectivity index (χ1) is 13.8. The lowest BCUT2D eigenvalue weighted by Crippen LogP contribution is -2.12. The van der Waals surface area contributed by atoms with Gasteiger partial charge in [0, 0.05) is 17.5 Å². The van der Waals surface area contributed by atoms with Crippen LogP contribution in [0.4, 0.5) is 5.69 Å². The molecule has 0 aliphatic heterocycles. The van der Waals surface area contributed by atoms with Crippen LogP contribution >= 0.6 is 11.6 Å². The third-order valence-electron chi connectivity index (χ3n) is 4.00. The van der Waals surface area contributed by atoms with Crippen LogP contribution in [0.3, 0.4) is 0 Å². The zero-order valence-corrected chi connectivity index (χ0v) is 17.3. The standard InChI is InChI=1S/C21H18ClNO5S/c1-27-18-5-3-4-6-19(18)28-16-10-8-15(9-11-16)23-21(24)14-7-12-17(22)20(13-14)29(2,25)26/h3-13H,1-2H3,(H,23,24). The summed E-state index contributed by atoms with van der Waals surface area (Å²) in [6, 6.07) is 18.1. The fraction of sp³-hybridized carbons (Fsp3) is 0.0952. The van der Waals surface area contributed by atoms with E-state index >= 15 is 0 Å². The number of rotatable bonds is 6. The van der Waals surface area contributed by atoms with E-state index in [-0.39, 0.29) is 15.5 Å². The second-order valence-corrected chi connectivity index (χ2v) is 8.54. The van der Waals surface area contributed by atoms with Gasteiger partial charge in [-0.3, -0.25) is 4.79 Å². The number of carbonyl (C=O) groups excluding carboxylic acids is 1. The second-order valence-electron chi connectivity index (χ2n) is 6.15. The number of benzene rings is 3. The SMILES string of the molecule is COc1ccccc1Oc1ccc(NC(=O)c2ccc(Cl)c(S(C)(=O)=O)c2)cc1. The number of methoxy groups -OCH3 is 1. The quantitative estimate of drug-likeness (QED) is 0.606. The summed E-state index contributed by atoms with van der Waals surface area (Å²) in [4.78, 5) is 12.4. The second kappa shape index (κ2) is 8.55. The first kappa shape index (κ1) is 20.7. The number of hydrogen-bond acceptors (Lipinski definition) is 5. The molecule has 6 nitrogen and oxygen atoms in total. The predicted molar refractivity (Wildman–Crippen MR) is 112 cm³/mol. The van der Waals surface area contributed by atoms with Crippen LogP contribution in [0.2, 0.25) is 5.02 Å². The molecule has 0 unspecified atom stereocenters. The average Bonchev–Trinajstić information content (AvgIpc) is 2.69. The number of hydrogen-bond donors (Lipinski definition) is 1. The maximum Gasteiger partial charge on any atom is 0.255 e. The van der Waals surface area contributed by atoms with Crippen LogP contribution in [-0.4, -0.2) is 27.7 Å². The Bertz CT molecular complexity index is 1140. The van der Waals surface area contributed by atoms with Crippen LogP contribution in [0.15, 0.2) is 71.6 Å². The Morgan fingerprint density at radius 1 is 0.966 bits per heavy atom. The van der Waals surface area contributed by atoms with Gasteiger partial charge in [-0.15, -0.1) is 0 Å². The molecule has 3 aromatic carbocycles. The minimum Gasteiger partial charge on any atom is -0.493 e. The van der Waals surface area contributed by atoms with Crippen molar-refractivity contribution in [3.63, 3.8) is 0 Å². The third kappa shape index (κ3) is 5.07. The van der Waals surface area contributed by atoms with Crippen molar-refractivity contribution in [2.24, 2.45) is 0 Å². The van der Waals surface area contributed by atoms with Crippen LogP contribution < -0.4 is 14.8 Å². The first-order valence-electron chi connectivity index (χ1n) is 8.50. The maximum atomic E-state index is 12.5. The summed E-state index contributed by atoms with van der Waals surface area (Å²) >= 11 is 5.92. The normalized spacial score (nSPS) is 11.0. The number of anilines is 1. The number of ether oxygens (including phenoxy) is 2. The van der Waals surface area contributed by atoms with Crippen molar-refractivity contribution in [1.82, 2.24) is 0 Å². The lowest BCUT2D eigenvalue weighted by molar-refractivity contribution is 0.102. The Balaban J connectivity index is 1.74. The van der Waals surface area contributed by atoms with Crippen molar-refractivity contribution in [2.45, 2.75) is 4.90 Å². The van der Waals surface area contributed by atoms with Gasteiger partial charge in [0.05, 0.1) is 17.0 Å². The summed E-state index contributed by atoms with van der Waals surface area (Å²) in [5.41, 5.74) is 0.711. The van der Waals surface area contributed by atoms with E-state index in [1.54, 1.807) is 43.5 Å². The Morgan fingerprint density at radius 2 is 1.62 bits per heavy atom. The highest BCUT2D eigenvalue weighted by Gasteiger charge is 2.16. The van der Waals surface area contributed by atoms with Gasteiger partial charge in [-0.1, -0.05) is 23.7 Å². The fourth-order valence-electron chi connectivity index (χ4n) is 2.57. The highest BCUT2D eigenvalue weighted by atomic mass is 35.5. The summed E-state index contributed by atoms with van der Waals surface area (Å²) in [6.07, 6.45) is 1.04. The molecule has 3 rings (SSSR count). The summed E-state index contributed by atoms with van der Waals surface area (Å²) in [5.74, 6) is 1.29. The Hall–Kier alpha value is -3.03. The van der Waals surface area contributed by atoms with E-state index in [9.17, 15) is 13.2 Å². The number of sulfone groups is 1. The predicted octanol–water partition coefficient (Wildman–Crippen LogP) is 4.80. The molecule has 0 fully saturated rings. The molecule has 0 saturated heterocycles. The Morgan fingerprint density at radius 3 is 2.24 bits per heavy atom. The van der Waals surface area contributed by atoms with Crippen LogP contribution in [0.5, 0.6) is 17.2 Å². The number of halogens is 1. The molecule has 150 valence electrons. The van der Waals surface area contributed by atoms with Crippen molar-refractivity contribution in [1.29, 1.82) is 0 Å². The molecule has 0 heterocycles. The molecule has 0 spiro atoms. The molecule has 0 bridgehead atoms. The van der Waals surface area contributed by atoms with E-state index in [4.69, 9.17) is 21.1 Å². The molecular weight excluding hydrogens is 414 g/mol. The molecule has 0 aliphatic rings. The molecule has 29 heavy (non-hydrogen) atoms. The van der Waals surface area contributed by atoms with E-state index < -0.39 is 15.7 Å². The number of amides is 1. The van der Waals surface area contributed by atoms with Crippen molar-refractivity contribution < 1.29 is 22.7 Å². The highest BCUT2D eigenvalue weighted by molar-refractivity contribution is 7.90. The van der Waals surface area contributed by atoms with E-state index in [0.717, 1.165) is 6.26 Å². The smallest absolute Gasteiger partial charge is 0.255 e. The molecular formula is C21H18ClNO5S. The van der Waals surface area contributed by atoms with Crippen molar-refractivity contribution in [3.8, 4) is 17.2 Å². The number of nitrogens with one attached hydrogen (secondary N) is 1. The van der Waals surface area contributed by atoms with Gasteiger partial charge in [0.25, 0.3) is 5.91 Å². The van der Waals surface area contributed by atoms with Gasteiger partial charge in [-0.2, -0.15) is 0 Å². The summed E-state index contributed by atoms with van der Waals surface area (Å²) in [6.45, 7) is 0.